The van der Waals surface area contributed by atoms with Crippen LogP contribution in [0.15, 0.2) is 72.8 Å². The molecule has 1 aliphatic rings. The third-order valence-electron chi connectivity index (χ3n) is 7.63. The zero-order valence-corrected chi connectivity index (χ0v) is 23.8. The molecule has 11 heteroatoms. The van der Waals surface area contributed by atoms with E-state index in [2.05, 4.69) is 28.8 Å². The fraction of sp³-hybridized carbons (Fsp3) is 0.250. The van der Waals surface area contributed by atoms with E-state index in [0.29, 0.717) is 0 Å². The largest absolute Gasteiger partial charge is 0.480 e. The van der Waals surface area contributed by atoms with Crippen molar-refractivity contribution in [2.24, 2.45) is 5.73 Å². The van der Waals surface area contributed by atoms with Crippen molar-refractivity contribution in [3.63, 3.8) is 0 Å². The van der Waals surface area contributed by atoms with Gasteiger partial charge in [-0.05, 0) is 62.4 Å². The van der Waals surface area contributed by atoms with E-state index in [1.807, 2.05) is 54.6 Å². The van der Waals surface area contributed by atoms with Gasteiger partial charge in [-0.3, -0.25) is 24.5 Å². The molecule has 0 aromatic heterocycles. The van der Waals surface area contributed by atoms with E-state index in [9.17, 15) is 29.4 Å². The number of amides is 2. The van der Waals surface area contributed by atoms with Crippen molar-refractivity contribution in [2.45, 2.75) is 36.3 Å². The molecule has 4 aromatic rings. The molecule has 7 N–H and O–H groups in total. The molecule has 0 bridgehead atoms. The van der Waals surface area contributed by atoms with Gasteiger partial charge in [-0.2, -0.15) is 0 Å². The summed E-state index contributed by atoms with van der Waals surface area (Å²) >= 11 is 1.26. The molecule has 222 valence electrons. The molecule has 1 aliphatic carbocycles. The van der Waals surface area contributed by atoms with Crippen molar-refractivity contribution < 1.29 is 34.5 Å². The van der Waals surface area contributed by atoms with Crippen molar-refractivity contribution in [2.75, 3.05) is 12.3 Å². The Kier molecular flexibility index (Phi) is 8.95. The number of fused-ring (bicyclic) bond motifs is 6. The minimum atomic E-state index is -1.28. The lowest BCUT2D eigenvalue weighted by atomic mass is 9.81. The number of aliphatic carboxylic acids is 2. The van der Waals surface area contributed by atoms with Gasteiger partial charge in [0.15, 0.2) is 0 Å². The second-order valence-corrected chi connectivity index (χ2v) is 11.6. The third-order valence-corrected chi connectivity index (χ3v) is 9.03. The molecular weight excluding hydrogens is 570 g/mol. The van der Waals surface area contributed by atoms with E-state index in [1.54, 1.807) is 0 Å². The van der Waals surface area contributed by atoms with Crippen LogP contribution >= 0.6 is 11.8 Å². The molecule has 10 nitrogen and oxygen atoms in total. The van der Waals surface area contributed by atoms with E-state index in [-0.39, 0.29) is 18.6 Å². The minimum absolute atomic E-state index is 0.00765. The third kappa shape index (κ3) is 6.48. The molecule has 0 saturated carbocycles. The lowest BCUT2D eigenvalue weighted by molar-refractivity contribution is -0.141. The van der Waals surface area contributed by atoms with Crippen molar-refractivity contribution in [3.8, 4) is 11.1 Å². The summed E-state index contributed by atoms with van der Waals surface area (Å²) in [7, 11) is 0. The first-order valence-electron chi connectivity index (χ1n) is 13.7. The Morgan fingerprint density at radius 1 is 0.837 bits per heavy atom. The highest BCUT2D eigenvalue weighted by molar-refractivity contribution is 7.99. The fourth-order valence-electron chi connectivity index (χ4n) is 5.55. The Bertz CT molecular complexity index is 1730. The molecule has 3 unspecified atom stereocenters. The molecule has 4 aromatic carbocycles. The standard InChI is InChI=1S/C32H31N3O7S/c33-27(36)12-11-25(32(41)42)35-26(31(40)34-15-28(37)38)16-43-30-21-8-4-3-7-20(21)23-13-18-10-9-17-5-1-2-6-19(17)22(18)14-24(23)29(30)39/h1-10,13-14,25-26,29-30,35,39H,11-12,15-16H2,(H2,33,36)(H,34,40)(H,37,38)(H,41,42)/t25-,26?,29?,30?/m0/s1. The smallest absolute Gasteiger partial charge is 0.322 e. The summed E-state index contributed by atoms with van der Waals surface area (Å²) in [6.07, 6.45) is -1.32. The number of hydrogen-bond acceptors (Lipinski definition) is 7. The number of nitrogens with two attached hydrogens (primary N) is 1. The molecule has 0 heterocycles. The van der Waals surface area contributed by atoms with Crippen LogP contribution in [0.1, 0.15) is 35.3 Å². The normalized spacial score (nSPS) is 17.0. The Morgan fingerprint density at radius 2 is 1.56 bits per heavy atom. The van der Waals surface area contributed by atoms with Gasteiger partial charge in [0.1, 0.15) is 12.6 Å². The number of carboxylic acids is 2. The van der Waals surface area contributed by atoms with E-state index in [1.165, 1.54) is 11.8 Å². The van der Waals surface area contributed by atoms with Gasteiger partial charge in [0.2, 0.25) is 11.8 Å². The average molecular weight is 602 g/mol. The molecule has 0 spiro atoms. The maximum Gasteiger partial charge on any atom is 0.322 e. The predicted octanol–water partition coefficient (Wildman–Crippen LogP) is 3.36. The maximum atomic E-state index is 13.0. The number of benzene rings is 4. The van der Waals surface area contributed by atoms with Gasteiger partial charge >= 0.3 is 11.9 Å². The fourth-order valence-corrected chi connectivity index (χ4v) is 6.91. The second kappa shape index (κ2) is 12.8. The first kappa shape index (κ1) is 30.0. The number of carbonyl (C=O) groups excluding carboxylic acids is 2. The number of primary amides is 1. The number of nitrogens with one attached hydrogen (secondary N) is 2. The highest BCUT2D eigenvalue weighted by Crippen LogP contribution is 2.52. The minimum Gasteiger partial charge on any atom is -0.480 e. The number of carboxylic acid groups (broad SMARTS) is 2. The first-order valence-corrected chi connectivity index (χ1v) is 14.8. The Hall–Kier alpha value is -4.45. The Balaban J connectivity index is 1.48. The van der Waals surface area contributed by atoms with Crippen molar-refractivity contribution in [1.29, 1.82) is 0 Å². The van der Waals surface area contributed by atoms with Crippen LogP contribution in [0.3, 0.4) is 0 Å². The Labute approximate surface area is 251 Å². The number of hydrogen-bond donors (Lipinski definition) is 6. The zero-order valence-electron chi connectivity index (χ0n) is 23.0. The van der Waals surface area contributed by atoms with Gasteiger partial charge in [0.05, 0.1) is 17.4 Å². The van der Waals surface area contributed by atoms with Crippen molar-refractivity contribution in [3.05, 3.63) is 83.9 Å². The molecule has 0 saturated heterocycles. The van der Waals surface area contributed by atoms with Crippen molar-refractivity contribution in [1.82, 2.24) is 10.6 Å². The molecule has 0 fully saturated rings. The summed E-state index contributed by atoms with van der Waals surface area (Å²) in [6, 6.07) is 21.6. The van der Waals surface area contributed by atoms with Crippen LogP contribution in [-0.4, -0.2) is 63.5 Å². The lowest BCUT2D eigenvalue weighted by Crippen LogP contribution is -2.53. The quantitative estimate of drug-likeness (QED) is 0.133. The van der Waals surface area contributed by atoms with Gasteiger partial charge in [0.25, 0.3) is 0 Å². The molecular formula is C32H31N3O7S. The van der Waals surface area contributed by atoms with E-state index < -0.39 is 53.7 Å². The van der Waals surface area contributed by atoms with Crippen LogP contribution in [0.4, 0.5) is 0 Å². The number of thioether (sulfide) groups is 1. The monoisotopic (exact) mass is 601 g/mol. The topological polar surface area (TPSA) is 179 Å². The van der Waals surface area contributed by atoms with E-state index in [4.69, 9.17) is 10.8 Å². The molecule has 5 rings (SSSR count). The molecule has 43 heavy (non-hydrogen) atoms. The van der Waals surface area contributed by atoms with Crippen LogP contribution in [0.25, 0.3) is 32.7 Å². The second-order valence-electron chi connectivity index (χ2n) is 10.5. The van der Waals surface area contributed by atoms with Crippen molar-refractivity contribution >= 4 is 57.1 Å². The number of aliphatic hydroxyl groups is 1. The van der Waals surface area contributed by atoms with Crippen LogP contribution < -0.4 is 16.4 Å². The van der Waals surface area contributed by atoms with Crippen LogP contribution in [0.5, 0.6) is 0 Å². The van der Waals surface area contributed by atoms with Gasteiger partial charge in [0, 0.05) is 12.2 Å². The summed E-state index contributed by atoms with van der Waals surface area (Å²) in [5.74, 6) is -3.92. The van der Waals surface area contributed by atoms with E-state index >= 15 is 0 Å². The maximum absolute atomic E-state index is 13.0. The van der Waals surface area contributed by atoms with Crippen LogP contribution in [0.2, 0.25) is 0 Å². The molecule has 4 atom stereocenters. The number of rotatable bonds is 12. The van der Waals surface area contributed by atoms with Gasteiger partial charge in [-0.15, -0.1) is 11.8 Å². The zero-order chi connectivity index (χ0) is 30.7. The highest BCUT2D eigenvalue weighted by Gasteiger charge is 2.35. The van der Waals surface area contributed by atoms with Gasteiger partial charge < -0.3 is 26.4 Å². The summed E-state index contributed by atoms with van der Waals surface area (Å²) in [5, 5.41) is 39.3. The van der Waals surface area contributed by atoms with E-state index in [0.717, 1.165) is 43.8 Å². The molecule has 0 aliphatic heterocycles. The number of aliphatic hydroxyl groups excluding tert-OH is 1. The SMILES string of the molecule is NC(=O)CC[C@H](NC(CSC1c2ccccc2-c2cc3ccc4ccccc4c3cc2C1O)C(=O)NCC(=O)O)C(=O)O. The summed E-state index contributed by atoms with van der Waals surface area (Å²) in [4.78, 5) is 47.3. The molecule has 0 radical (unpaired) electrons. The van der Waals surface area contributed by atoms with Gasteiger partial charge in [-0.1, -0.05) is 60.7 Å². The lowest BCUT2D eigenvalue weighted by Gasteiger charge is -2.33. The Morgan fingerprint density at radius 3 is 2.30 bits per heavy atom. The summed E-state index contributed by atoms with van der Waals surface area (Å²) in [6.45, 7) is -0.649. The summed E-state index contributed by atoms with van der Waals surface area (Å²) in [5.41, 5.74) is 8.66. The first-order chi connectivity index (χ1) is 20.6. The summed E-state index contributed by atoms with van der Waals surface area (Å²) < 4.78 is 0. The van der Waals surface area contributed by atoms with Crippen LogP contribution in [-0.2, 0) is 19.2 Å². The average Bonchev–Trinajstić information content (AvgIpc) is 2.99. The predicted molar refractivity (Wildman–Crippen MR) is 164 cm³/mol. The van der Waals surface area contributed by atoms with Crippen LogP contribution in [0, 0.1) is 0 Å². The molecule has 2 amide bonds. The van der Waals surface area contributed by atoms with Gasteiger partial charge in [-0.25, -0.2) is 0 Å². The highest BCUT2D eigenvalue weighted by atomic mass is 32.2. The number of carbonyl (C=O) groups is 4.